The molecule has 0 fully saturated rings. The van der Waals surface area contributed by atoms with Crippen molar-refractivity contribution < 1.29 is 9.90 Å². The Labute approximate surface area is 174 Å². The highest BCUT2D eigenvalue weighted by molar-refractivity contribution is 6.30. The van der Waals surface area contributed by atoms with Crippen LogP contribution in [-0.4, -0.2) is 16.1 Å². The number of aromatic nitrogens is 1. The highest BCUT2D eigenvalue weighted by Crippen LogP contribution is 2.38. The van der Waals surface area contributed by atoms with E-state index < -0.39 is 12.0 Å². The third kappa shape index (κ3) is 4.87. The van der Waals surface area contributed by atoms with Crippen molar-refractivity contribution in [1.82, 2.24) is 4.98 Å². The summed E-state index contributed by atoms with van der Waals surface area (Å²) in [5.41, 5.74) is 4.79. The standard InChI is InChI=1S/C23H21ClN2O3/c1-14-11-19(24)7-8-20(14)21(16-3-5-17(6-4-16)23(27)28)13-22(26-29)18-9-10-25-15(2)12-18/h3-12,21-22H,13H2,1-2H3,(H,27,28)/t21-,22?/m0/s1. The Morgan fingerprint density at radius 3 is 2.38 bits per heavy atom. The van der Waals surface area contributed by atoms with Crippen LogP contribution in [0.15, 0.2) is 66.0 Å². The molecule has 0 aliphatic heterocycles. The van der Waals surface area contributed by atoms with E-state index in [1.54, 1.807) is 36.5 Å². The lowest BCUT2D eigenvalue weighted by atomic mass is 9.82. The molecule has 0 spiro atoms. The lowest BCUT2D eigenvalue weighted by molar-refractivity contribution is 0.0697. The van der Waals surface area contributed by atoms with Crippen LogP contribution < -0.4 is 0 Å². The van der Waals surface area contributed by atoms with Gasteiger partial charge in [-0.1, -0.05) is 35.0 Å². The molecule has 0 radical (unpaired) electrons. The first kappa shape index (κ1) is 20.7. The van der Waals surface area contributed by atoms with E-state index in [1.807, 2.05) is 38.1 Å². The van der Waals surface area contributed by atoms with Gasteiger partial charge in [-0.15, -0.1) is 0 Å². The summed E-state index contributed by atoms with van der Waals surface area (Å²) in [7, 11) is 0. The molecule has 1 heterocycles. The summed E-state index contributed by atoms with van der Waals surface area (Å²) >= 11 is 6.13. The minimum absolute atomic E-state index is 0.147. The summed E-state index contributed by atoms with van der Waals surface area (Å²) in [6, 6.07) is 15.5. The zero-order valence-corrected chi connectivity index (χ0v) is 16.9. The fraction of sp³-hybridized carbons (Fsp3) is 0.217. The molecule has 3 rings (SSSR count). The van der Waals surface area contributed by atoms with E-state index in [9.17, 15) is 14.8 Å². The molecule has 148 valence electrons. The molecular formula is C23H21ClN2O3. The topological polar surface area (TPSA) is 79.6 Å². The van der Waals surface area contributed by atoms with Gasteiger partial charge in [0.25, 0.3) is 0 Å². The number of aromatic carboxylic acids is 1. The first-order valence-corrected chi connectivity index (χ1v) is 9.61. The number of aryl methyl sites for hydroxylation is 2. The number of nitrogens with zero attached hydrogens (tertiary/aromatic N) is 2. The van der Waals surface area contributed by atoms with E-state index in [4.69, 9.17) is 11.6 Å². The minimum Gasteiger partial charge on any atom is -0.478 e. The molecule has 1 N–H and O–H groups in total. The Balaban J connectivity index is 2.04. The van der Waals surface area contributed by atoms with Crippen LogP contribution in [-0.2, 0) is 0 Å². The van der Waals surface area contributed by atoms with Crippen molar-refractivity contribution in [3.63, 3.8) is 0 Å². The maximum atomic E-state index is 11.7. The lowest BCUT2D eigenvalue weighted by Crippen LogP contribution is -2.09. The number of pyridine rings is 1. The molecule has 1 aromatic heterocycles. The smallest absolute Gasteiger partial charge is 0.335 e. The summed E-state index contributed by atoms with van der Waals surface area (Å²) in [4.78, 5) is 27.1. The van der Waals surface area contributed by atoms with Crippen LogP contribution in [0, 0.1) is 18.8 Å². The highest BCUT2D eigenvalue weighted by atomic mass is 35.5. The number of carboxylic acids is 1. The summed E-state index contributed by atoms with van der Waals surface area (Å²) < 4.78 is 0. The summed E-state index contributed by atoms with van der Waals surface area (Å²) in [6.07, 6.45) is 2.12. The molecule has 3 aromatic rings. The van der Waals surface area contributed by atoms with Gasteiger partial charge >= 0.3 is 5.97 Å². The Hall–Kier alpha value is -3.05. The Morgan fingerprint density at radius 1 is 1.07 bits per heavy atom. The van der Waals surface area contributed by atoms with E-state index in [-0.39, 0.29) is 11.5 Å². The van der Waals surface area contributed by atoms with Crippen molar-refractivity contribution in [1.29, 1.82) is 0 Å². The molecule has 0 saturated carbocycles. The summed E-state index contributed by atoms with van der Waals surface area (Å²) in [5.74, 6) is -1.12. The van der Waals surface area contributed by atoms with Gasteiger partial charge in [0.1, 0.15) is 6.04 Å². The van der Waals surface area contributed by atoms with Gasteiger partial charge in [-0.3, -0.25) is 4.98 Å². The van der Waals surface area contributed by atoms with Crippen LogP contribution >= 0.6 is 11.6 Å². The maximum Gasteiger partial charge on any atom is 0.335 e. The molecule has 29 heavy (non-hydrogen) atoms. The van der Waals surface area contributed by atoms with E-state index in [2.05, 4.69) is 10.2 Å². The summed E-state index contributed by atoms with van der Waals surface area (Å²) in [6.45, 7) is 3.84. The van der Waals surface area contributed by atoms with Crippen LogP contribution in [0.5, 0.6) is 0 Å². The van der Waals surface area contributed by atoms with Gasteiger partial charge in [-0.25, -0.2) is 4.79 Å². The fourth-order valence-electron chi connectivity index (χ4n) is 3.57. The van der Waals surface area contributed by atoms with Gasteiger partial charge in [0.2, 0.25) is 0 Å². The van der Waals surface area contributed by atoms with Crippen molar-refractivity contribution in [2.45, 2.75) is 32.2 Å². The number of carboxylic acid groups (broad SMARTS) is 1. The number of halogens is 1. The predicted molar refractivity (Wildman–Crippen MR) is 114 cm³/mol. The van der Waals surface area contributed by atoms with Crippen molar-refractivity contribution in [2.24, 2.45) is 5.18 Å². The van der Waals surface area contributed by atoms with E-state index >= 15 is 0 Å². The molecule has 2 atom stereocenters. The molecule has 1 unspecified atom stereocenters. The van der Waals surface area contributed by atoms with Crippen molar-refractivity contribution >= 4 is 17.6 Å². The Morgan fingerprint density at radius 2 is 1.79 bits per heavy atom. The molecule has 0 amide bonds. The SMILES string of the molecule is Cc1cc(C(C[C@@H](c2ccc(C(=O)O)cc2)c2ccc(Cl)cc2C)N=O)ccn1. The average Bonchev–Trinajstić information content (AvgIpc) is 2.70. The Bertz CT molecular complexity index is 1030. The number of hydrogen-bond donors (Lipinski definition) is 1. The second-order valence-corrected chi connectivity index (χ2v) is 7.50. The average molecular weight is 409 g/mol. The van der Waals surface area contributed by atoms with Gasteiger partial charge in [-0.05, 0) is 78.9 Å². The monoisotopic (exact) mass is 408 g/mol. The van der Waals surface area contributed by atoms with E-state index in [1.165, 1.54) is 0 Å². The minimum atomic E-state index is -0.976. The number of carbonyl (C=O) groups is 1. The maximum absolute atomic E-state index is 11.7. The van der Waals surface area contributed by atoms with Crippen LogP contribution in [0.2, 0.25) is 5.02 Å². The quantitative estimate of drug-likeness (QED) is 0.480. The second kappa shape index (κ2) is 8.97. The Kier molecular flexibility index (Phi) is 6.39. The van der Waals surface area contributed by atoms with Crippen LogP contribution in [0.25, 0.3) is 0 Å². The first-order valence-electron chi connectivity index (χ1n) is 9.23. The van der Waals surface area contributed by atoms with Crippen LogP contribution in [0.3, 0.4) is 0 Å². The lowest BCUT2D eigenvalue weighted by Gasteiger charge is -2.23. The molecule has 0 aliphatic rings. The number of rotatable bonds is 7. The first-order chi connectivity index (χ1) is 13.9. The van der Waals surface area contributed by atoms with Crippen LogP contribution in [0.4, 0.5) is 0 Å². The molecule has 0 saturated heterocycles. The molecule has 0 aliphatic carbocycles. The zero-order valence-electron chi connectivity index (χ0n) is 16.2. The van der Waals surface area contributed by atoms with Gasteiger partial charge in [0.15, 0.2) is 0 Å². The highest BCUT2D eigenvalue weighted by Gasteiger charge is 2.24. The molecule has 5 nitrogen and oxygen atoms in total. The van der Waals surface area contributed by atoms with Gasteiger partial charge in [0.05, 0.1) is 5.56 Å². The van der Waals surface area contributed by atoms with Crippen molar-refractivity contribution in [3.05, 3.63) is 104 Å². The van der Waals surface area contributed by atoms with Crippen LogP contribution in [0.1, 0.15) is 56.7 Å². The third-order valence-electron chi connectivity index (χ3n) is 5.06. The van der Waals surface area contributed by atoms with E-state index in [0.29, 0.717) is 11.4 Å². The summed E-state index contributed by atoms with van der Waals surface area (Å²) in [5, 5.41) is 13.2. The largest absolute Gasteiger partial charge is 0.478 e. The van der Waals surface area contributed by atoms with Gasteiger partial charge < -0.3 is 5.11 Å². The zero-order chi connectivity index (χ0) is 21.0. The van der Waals surface area contributed by atoms with Crippen molar-refractivity contribution in [3.8, 4) is 0 Å². The van der Waals surface area contributed by atoms with Gasteiger partial charge in [-0.2, -0.15) is 4.91 Å². The fourth-order valence-corrected chi connectivity index (χ4v) is 3.80. The second-order valence-electron chi connectivity index (χ2n) is 7.07. The number of nitroso groups, excluding NO2 is 1. The van der Waals surface area contributed by atoms with Crippen molar-refractivity contribution in [2.75, 3.05) is 0 Å². The molecular weight excluding hydrogens is 388 g/mol. The normalized spacial score (nSPS) is 12.9. The number of benzene rings is 2. The predicted octanol–water partition coefficient (Wildman–Crippen LogP) is 6.08. The molecule has 2 aromatic carbocycles. The number of hydrogen-bond acceptors (Lipinski definition) is 4. The molecule has 0 bridgehead atoms. The van der Waals surface area contributed by atoms with Gasteiger partial charge in [0, 0.05) is 22.8 Å². The third-order valence-corrected chi connectivity index (χ3v) is 5.29. The molecule has 6 heteroatoms. The van der Waals surface area contributed by atoms with E-state index in [0.717, 1.165) is 27.9 Å².